The van der Waals surface area contributed by atoms with E-state index in [0.29, 0.717) is 6.54 Å². The first-order valence-corrected chi connectivity index (χ1v) is 4.00. The van der Waals surface area contributed by atoms with E-state index in [9.17, 15) is 0 Å². The highest BCUT2D eigenvalue weighted by atomic mass is 16.5. The van der Waals surface area contributed by atoms with Crippen molar-refractivity contribution in [3.63, 3.8) is 0 Å². The molecule has 0 aliphatic heterocycles. The molecule has 0 atom stereocenters. The molecule has 0 aromatic heterocycles. The lowest BCUT2D eigenvalue weighted by atomic mass is 10.2. The van der Waals surface area contributed by atoms with Gasteiger partial charge in [-0.25, -0.2) is 0 Å². The second-order valence-corrected chi connectivity index (χ2v) is 2.69. The van der Waals surface area contributed by atoms with Crippen molar-refractivity contribution in [1.29, 1.82) is 5.26 Å². The molecule has 0 aliphatic carbocycles. The lowest BCUT2D eigenvalue weighted by molar-refractivity contribution is 0.415. The third-order valence-electron chi connectivity index (χ3n) is 1.80. The molecule has 0 amide bonds. The minimum atomic E-state index is 0.361. The maximum atomic E-state index is 8.53. The Morgan fingerprint density at radius 3 is 2.77 bits per heavy atom. The van der Waals surface area contributed by atoms with Crippen molar-refractivity contribution in [2.45, 2.75) is 0 Å². The van der Waals surface area contributed by atoms with Crippen molar-refractivity contribution in [3.05, 3.63) is 24.3 Å². The standard InChI is InChI=1S/C10H12N2O/c1-12(8-7-11)9-5-3-4-6-10(9)13-2/h3-6H,8H2,1-2H3. The summed E-state index contributed by atoms with van der Waals surface area (Å²) in [6.07, 6.45) is 0. The van der Waals surface area contributed by atoms with E-state index >= 15 is 0 Å². The van der Waals surface area contributed by atoms with Crippen LogP contribution in [0.4, 0.5) is 5.69 Å². The van der Waals surface area contributed by atoms with Crippen molar-refractivity contribution in [2.75, 3.05) is 25.6 Å². The molecule has 0 bridgehead atoms. The van der Waals surface area contributed by atoms with Gasteiger partial charge >= 0.3 is 0 Å². The number of hydrogen-bond acceptors (Lipinski definition) is 3. The van der Waals surface area contributed by atoms with Crippen molar-refractivity contribution in [3.8, 4) is 11.8 Å². The summed E-state index contributed by atoms with van der Waals surface area (Å²) < 4.78 is 5.16. The number of ether oxygens (including phenoxy) is 1. The molecule has 3 nitrogen and oxygen atoms in total. The number of nitrogens with zero attached hydrogens (tertiary/aromatic N) is 2. The van der Waals surface area contributed by atoms with Crippen LogP contribution in [0.1, 0.15) is 0 Å². The van der Waals surface area contributed by atoms with Gasteiger partial charge in [-0.15, -0.1) is 0 Å². The van der Waals surface area contributed by atoms with E-state index in [1.807, 2.05) is 36.2 Å². The highest BCUT2D eigenvalue weighted by Gasteiger charge is 2.05. The first kappa shape index (κ1) is 9.40. The molecule has 3 heteroatoms. The molecule has 13 heavy (non-hydrogen) atoms. The minimum Gasteiger partial charge on any atom is -0.495 e. The molecule has 68 valence electrons. The predicted octanol–water partition coefficient (Wildman–Crippen LogP) is 1.65. The zero-order chi connectivity index (χ0) is 9.68. The van der Waals surface area contributed by atoms with Gasteiger partial charge in [0.2, 0.25) is 0 Å². The van der Waals surface area contributed by atoms with Crippen LogP contribution in [0.2, 0.25) is 0 Å². The van der Waals surface area contributed by atoms with Gasteiger partial charge in [0.15, 0.2) is 0 Å². The summed E-state index contributed by atoms with van der Waals surface area (Å²) in [4.78, 5) is 1.85. The summed E-state index contributed by atoms with van der Waals surface area (Å²) >= 11 is 0. The van der Waals surface area contributed by atoms with Crippen LogP contribution in [0.3, 0.4) is 0 Å². The molecule has 0 heterocycles. The van der Waals surface area contributed by atoms with Crippen LogP contribution >= 0.6 is 0 Å². The molecular formula is C10H12N2O. The number of para-hydroxylation sites is 2. The number of hydrogen-bond donors (Lipinski definition) is 0. The van der Waals surface area contributed by atoms with Crippen LogP contribution in [0.5, 0.6) is 5.75 Å². The van der Waals surface area contributed by atoms with Crippen LogP contribution in [-0.2, 0) is 0 Å². The molecule has 0 aliphatic rings. The average Bonchev–Trinajstić information content (AvgIpc) is 2.18. The molecule has 0 radical (unpaired) electrons. The Morgan fingerprint density at radius 1 is 1.46 bits per heavy atom. The Kier molecular flexibility index (Phi) is 3.15. The van der Waals surface area contributed by atoms with E-state index in [4.69, 9.17) is 10.00 Å². The SMILES string of the molecule is COc1ccccc1N(C)CC#N. The lowest BCUT2D eigenvalue weighted by Crippen LogP contribution is -2.17. The summed E-state index contributed by atoms with van der Waals surface area (Å²) in [5.41, 5.74) is 0.937. The monoisotopic (exact) mass is 176 g/mol. The second kappa shape index (κ2) is 4.36. The fourth-order valence-electron chi connectivity index (χ4n) is 1.14. The molecule has 0 saturated carbocycles. The van der Waals surface area contributed by atoms with Gasteiger partial charge < -0.3 is 9.64 Å². The van der Waals surface area contributed by atoms with E-state index in [0.717, 1.165) is 11.4 Å². The second-order valence-electron chi connectivity index (χ2n) is 2.69. The van der Waals surface area contributed by atoms with Crippen LogP contribution in [0.25, 0.3) is 0 Å². The van der Waals surface area contributed by atoms with Gasteiger partial charge in [0.05, 0.1) is 18.9 Å². The summed E-state index contributed by atoms with van der Waals surface area (Å²) in [6, 6.07) is 9.72. The molecule has 1 aromatic rings. The fourth-order valence-corrected chi connectivity index (χ4v) is 1.14. The Balaban J connectivity index is 2.93. The Bertz CT molecular complexity index is 317. The third kappa shape index (κ3) is 2.12. The summed E-state index contributed by atoms with van der Waals surface area (Å²) in [7, 11) is 3.49. The maximum Gasteiger partial charge on any atom is 0.142 e. The normalized spacial score (nSPS) is 9.00. The molecule has 0 spiro atoms. The first-order chi connectivity index (χ1) is 6.29. The van der Waals surface area contributed by atoms with E-state index < -0.39 is 0 Å². The minimum absolute atomic E-state index is 0.361. The number of nitriles is 1. The number of anilines is 1. The molecule has 1 rings (SSSR count). The molecule has 0 saturated heterocycles. The van der Waals surface area contributed by atoms with Crippen LogP contribution in [-0.4, -0.2) is 20.7 Å². The highest BCUT2D eigenvalue weighted by Crippen LogP contribution is 2.25. The van der Waals surface area contributed by atoms with Crippen molar-refractivity contribution < 1.29 is 4.74 Å². The molecule has 0 N–H and O–H groups in total. The van der Waals surface area contributed by atoms with E-state index in [1.165, 1.54) is 0 Å². The largest absolute Gasteiger partial charge is 0.495 e. The van der Waals surface area contributed by atoms with Gasteiger partial charge in [-0.2, -0.15) is 5.26 Å². The molecular weight excluding hydrogens is 164 g/mol. The van der Waals surface area contributed by atoms with E-state index in [-0.39, 0.29) is 0 Å². The average molecular weight is 176 g/mol. The van der Waals surface area contributed by atoms with Crippen LogP contribution in [0.15, 0.2) is 24.3 Å². The fraction of sp³-hybridized carbons (Fsp3) is 0.300. The number of benzene rings is 1. The maximum absolute atomic E-state index is 8.53. The van der Waals surface area contributed by atoms with Gasteiger partial charge in [-0.3, -0.25) is 0 Å². The first-order valence-electron chi connectivity index (χ1n) is 4.00. The third-order valence-corrected chi connectivity index (χ3v) is 1.80. The molecule has 0 fully saturated rings. The predicted molar refractivity (Wildman–Crippen MR) is 51.9 cm³/mol. The van der Waals surface area contributed by atoms with E-state index in [2.05, 4.69) is 6.07 Å². The van der Waals surface area contributed by atoms with Gasteiger partial charge in [0, 0.05) is 7.05 Å². The molecule has 1 aromatic carbocycles. The number of rotatable bonds is 3. The lowest BCUT2D eigenvalue weighted by Gasteiger charge is -2.17. The van der Waals surface area contributed by atoms with Gasteiger partial charge in [0.25, 0.3) is 0 Å². The van der Waals surface area contributed by atoms with Crippen molar-refractivity contribution in [1.82, 2.24) is 0 Å². The Morgan fingerprint density at radius 2 is 2.15 bits per heavy atom. The highest BCUT2D eigenvalue weighted by molar-refractivity contribution is 5.58. The topological polar surface area (TPSA) is 36.3 Å². The van der Waals surface area contributed by atoms with Gasteiger partial charge in [0.1, 0.15) is 12.3 Å². The van der Waals surface area contributed by atoms with Gasteiger partial charge in [-0.05, 0) is 12.1 Å². The van der Waals surface area contributed by atoms with Crippen LogP contribution in [0, 0.1) is 11.3 Å². The van der Waals surface area contributed by atoms with Crippen molar-refractivity contribution >= 4 is 5.69 Å². The number of methoxy groups -OCH3 is 1. The van der Waals surface area contributed by atoms with Crippen molar-refractivity contribution in [2.24, 2.45) is 0 Å². The summed E-state index contributed by atoms with van der Waals surface area (Å²) in [6.45, 7) is 0.361. The zero-order valence-corrected chi connectivity index (χ0v) is 7.82. The Labute approximate surface area is 78.2 Å². The van der Waals surface area contributed by atoms with E-state index in [1.54, 1.807) is 7.11 Å². The van der Waals surface area contributed by atoms with Crippen LogP contribution < -0.4 is 9.64 Å². The zero-order valence-electron chi connectivity index (χ0n) is 7.82. The Hall–Kier alpha value is -1.69. The van der Waals surface area contributed by atoms with Gasteiger partial charge in [-0.1, -0.05) is 12.1 Å². The molecule has 0 unspecified atom stereocenters. The summed E-state index contributed by atoms with van der Waals surface area (Å²) in [5, 5.41) is 8.53. The quantitative estimate of drug-likeness (QED) is 0.657. The smallest absolute Gasteiger partial charge is 0.142 e. The summed E-state index contributed by atoms with van der Waals surface area (Å²) in [5.74, 6) is 0.792.